The Bertz CT molecular complexity index is 405. The number of benzene rings is 1. The number of likely N-dealkylation sites (tertiary alicyclic amines) is 1. The maximum atomic E-state index is 6.30. The number of nitrogens with zero attached hydrogens (tertiary/aromatic N) is 1. The molecule has 3 nitrogen and oxygen atoms in total. The highest BCUT2D eigenvalue weighted by molar-refractivity contribution is 5.31. The highest BCUT2D eigenvalue weighted by atomic mass is 16.5. The van der Waals surface area contributed by atoms with Crippen LogP contribution >= 0.6 is 0 Å². The second-order valence-corrected chi connectivity index (χ2v) is 5.36. The van der Waals surface area contributed by atoms with E-state index in [0.29, 0.717) is 6.10 Å². The minimum Gasteiger partial charge on any atom is -0.380 e. The minimum absolute atomic E-state index is 0.0971. The molecule has 100 valence electrons. The predicted octanol–water partition coefficient (Wildman–Crippen LogP) is 2.02. The Morgan fingerprint density at radius 3 is 2.78 bits per heavy atom. The Hall–Kier alpha value is -0.900. The van der Waals surface area contributed by atoms with Crippen molar-refractivity contribution in [2.75, 3.05) is 26.7 Å². The average Bonchev–Trinajstić information content (AvgIpc) is 2.80. The monoisotopic (exact) mass is 248 g/mol. The van der Waals surface area contributed by atoms with Crippen molar-refractivity contribution in [1.29, 1.82) is 0 Å². The van der Waals surface area contributed by atoms with Crippen molar-refractivity contribution >= 4 is 0 Å². The van der Waals surface area contributed by atoms with Crippen molar-refractivity contribution in [3.05, 3.63) is 34.9 Å². The molecule has 0 amide bonds. The van der Waals surface area contributed by atoms with Crippen molar-refractivity contribution in [3.63, 3.8) is 0 Å². The normalized spacial score (nSPS) is 22.3. The van der Waals surface area contributed by atoms with Gasteiger partial charge in [0, 0.05) is 32.8 Å². The van der Waals surface area contributed by atoms with Gasteiger partial charge in [-0.2, -0.15) is 0 Å². The molecule has 1 aliphatic heterocycles. The fourth-order valence-electron chi connectivity index (χ4n) is 2.53. The summed E-state index contributed by atoms with van der Waals surface area (Å²) in [6.07, 6.45) is 1.51. The molecule has 2 rings (SSSR count). The van der Waals surface area contributed by atoms with Crippen LogP contribution in [0.5, 0.6) is 0 Å². The molecule has 3 heteroatoms. The van der Waals surface area contributed by atoms with Gasteiger partial charge in [-0.15, -0.1) is 0 Å². The molecule has 1 aromatic carbocycles. The van der Waals surface area contributed by atoms with E-state index in [1.807, 2.05) is 0 Å². The summed E-state index contributed by atoms with van der Waals surface area (Å²) in [5, 5.41) is 0. The quantitative estimate of drug-likeness (QED) is 0.886. The SMILES string of the molecule is COC1CCN(CC(N)c2ccc(C)c(C)c2)C1. The van der Waals surface area contributed by atoms with E-state index in [9.17, 15) is 0 Å². The Balaban J connectivity index is 1.95. The molecular weight excluding hydrogens is 224 g/mol. The van der Waals surface area contributed by atoms with Gasteiger partial charge < -0.3 is 10.5 Å². The molecule has 1 heterocycles. The Kier molecular flexibility index (Phi) is 4.38. The molecule has 1 aromatic rings. The Morgan fingerprint density at radius 1 is 1.39 bits per heavy atom. The molecule has 2 atom stereocenters. The Labute approximate surface area is 110 Å². The third kappa shape index (κ3) is 3.10. The second-order valence-electron chi connectivity index (χ2n) is 5.36. The van der Waals surface area contributed by atoms with Crippen LogP contribution in [-0.2, 0) is 4.74 Å². The number of ether oxygens (including phenoxy) is 1. The standard InChI is InChI=1S/C15H24N2O/c1-11-4-5-13(8-12(11)2)15(16)10-17-7-6-14(9-17)18-3/h4-5,8,14-15H,6-7,9-10,16H2,1-3H3. The third-order valence-electron chi connectivity index (χ3n) is 3.98. The van der Waals surface area contributed by atoms with E-state index in [4.69, 9.17) is 10.5 Å². The van der Waals surface area contributed by atoms with E-state index in [-0.39, 0.29) is 6.04 Å². The smallest absolute Gasteiger partial charge is 0.0710 e. The van der Waals surface area contributed by atoms with Crippen LogP contribution in [0.25, 0.3) is 0 Å². The maximum absolute atomic E-state index is 6.30. The molecule has 1 fully saturated rings. The predicted molar refractivity (Wildman–Crippen MR) is 74.7 cm³/mol. The van der Waals surface area contributed by atoms with E-state index in [1.54, 1.807) is 7.11 Å². The number of methoxy groups -OCH3 is 1. The van der Waals surface area contributed by atoms with Gasteiger partial charge in [0.2, 0.25) is 0 Å². The average molecular weight is 248 g/mol. The van der Waals surface area contributed by atoms with E-state index in [0.717, 1.165) is 26.1 Å². The topological polar surface area (TPSA) is 38.5 Å². The molecule has 0 aromatic heterocycles. The van der Waals surface area contributed by atoms with Crippen molar-refractivity contribution in [2.45, 2.75) is 32.4 Å². The number of hydrogen-bond donors (Lipinski definition) is 1. The third-order valence-corrected chi connectivity index (χ3v) is 3.98. The van der Waals surface area contributed by atoms with Crippen LogP contribution in [0.3, 0.4) is 0 Å². The summed E-state index contributed by atoms with van der Waals surface area (Å²) in [6, 6.07) is 6.62. The first-order valence-electron chi connectivity index (χ1n) is 6.68. The first-order chi connectivity index (χ1) is 8.60. The molecule has 0 radical (unpaired) electrons. The fourth-order valence-corrected chi connectivity index (χ4v) is 2.53. The lowest BCUT2D eigenvalue weighted by molar-refractivity contribution is 0.107. The van der Waals surface area contributed by atoms with Crippen LogP contribution in [0.4, 0.5) is 0 Å². The lowest BCUT2D eigenvalue weighted by Gasteiger charge is -2.21. The Morgan fingerprint density at radius 2 is 2.17 bits per heavy atom. The van der Waals surface area contributed by atoms with E-state index >= 15 is 0 Å². The van der Waals surface area contributed by atoms with Crippen molar-refractivity contribution in [1.82, 2.24) is 4.90 Å². The zero-order chi connectivity index (χ0) is 13.1. The zero-order valence-electron chi connectivity index (χ0n) is 11.6. The van der Waals surface area contributed by atoms with Gasteiger partial charge in [0.1, 0.15) is 0 Å². The molecular formula is C15H24N2O. The summed E-state index contributed by atoms with van der Waals surface area (Å²) < 4.78 is 5.38. The van der Waals surface area contributed by atoms with E-state index in [1.165, 1.54) is 16.7 Å². The summed E-state index contributed by atoms with van der Waals surface area (Å²) in [7, 11) is 1.79. The molecule has 1 aliphatic rings. The molecule has 1 saturated heterocycles. The number of nitrogens with two attached hydrogens (primary N) is 1. The summed E-state index contributed by atoms with van der Waals surface area (Å²) in [5.41, 5.74) is 10.2. The largest absolute Gasteiger partial charge is 0.380 e. The van der Waals surface area contributed by atoms with Gasteiger partial charge in [-0.25, -0.2) is 0 Å². The van der Waals surface area contributed by atoms with Crippen LogP contribution in [0.2, 0.25) is 0 Å². The van der Waals surface area contributed by atoms with Crippen LogP contribution < -0.4 is 5.73 Å². The van der Waals surface area contributed by atoms with Gasteiger partial charge in [0.25, 0.3) is 0 Å². The van der Waals surface area contributed by atoms with Crippen LogP contribution in [0.15, 0.2) is 18.2 Å². The van der Waals surface area contributed by atoms with Crippen molar-refractivity contribution in [2.24, 2.45) is 5.73 Å². The second kappa shape index (κ2) is 5.83. The van der Waals surface area contributed by atoms with Gasteiger partial charge in [-0.05, 0) is 37.0 Å². The first-order valence-corrected chi connectivity index (χ1v) is 6.68. The zero-order valence-corrected chi connectivity index (χ0v) is 11.6. The van der Waals surface area contributed by atoms with Gasteiger partial charge in [-0.3, -0.25) is 4.90 Å². The minimum atomic E-state index is 0.0971. The van der Waals surface area contributed by atoms with Gasteiger partial charge >= 0.3 is 0 Å². The fraction of sp³-hybridized carbons (Fsp3) is 0.600. The maximum Gasteiger partial charge on any atom is 0.0710 e. The van der Waals surface area contributed by atoms with Gasteiger partial charge in [0.05, 0.1) is 6.10 Å². The lowest BCUT2D eigenvalue weighted by atomic mass is 10.0. The van der Waals surface area contributed by atoms with Crippen LogP contribution in [-0.4, -0.2) is 37.7 Å². The number of rotatable bonds is 4. The van der Waals surface area contributed by atoms with Crippen molar-refractivity contribution < 1.29 is 4.74 Å². The van der Waals surface area contributed by atoms with Gasteiger partial charge in [0.15, 0.2) is 0 Å². The molecule has 0 saturated carbocycles. The van der Waals surface area contributed by atoms with E-state index in [2.05, 4.69) is 36.9 Å². The van der Waals surface area contributed by atoms with Crippen LogP contribution in [0.1, 0.15) is 29.2 Å². The molecule has 0 spiro atoms. The van der Waals surface area contributed by atoms with Gasteiger partial charge in [-0.1, -0.05) is 18.2 Å². The molecule has 0 bridgehead atoms. The molecule has 2 unspecified atom stereocenters. The van der Waals surface area contributed by atoms with Crippen molar-refractivity contribution in [3.8, 4) is 0 Å². The van der Waals surface area contributed by atoms with E-state index < -0.39 is 0 Å². The highest BCUT2D eigenvalue weighted by Gasteiger charge is 2.23. The highest BCUT2D eigenvalue weighted by Crippen LogP contribution is 2.19. The summed E-state index contributed by atoms with van der Waals surface area (Å²) >= 11 is 0. The molecule has 0 aliphatic carbocycles. The summed E-state index contributed by atoms with van der Waals surface area (Å²) in [6.45, 7) is 7.30. The molecule has 2 N–H and O–H groups in total. The summed E-state index contributed by atoms with van der Waals surface area (Å²) in [4.78, 5) is 2.40. The lowest BCUT2D eigenvalue weighted by Crippen LogP contribution is -2.31. The number of aryl methyl sites for hydroxylation is 2. The molecule has 18 heavy (non-hydrogen) atoms. The number of hydrogen-bond acceptors (Lipinski definition) is 3. The summed E-state index contributed by atoms with van der Waals surface area (Å²) in [5.74, 6) is 0. The van der Waals surface area contributed by atoms with Crippen LogP contribution in [0, 0.1) is 13.8 Å². The first kappa shape index (κ1) is 13.5.